The molecule has 2 heterocycles. The van der Waals surface area contributed by atoms with Crippen LogP contribution in [0.25, 0.3) is 0 Å². The van der Waals surface area contributed by atoms with E-state index in [-0.39, 0.29) is 52.6 Å². The summed E-state index contributed by atoms with van der Waals surface area (Å²) in [4.78, 5) is 11.9. The van der Waals surface area contributed by atoms with Crippen molar-refractivity contribution in [1.82, 2.24) is 8.61 Å². The fourth-order valence-electron chi connectivity index (χ4n) is 2.28. The topological polar surface area (TPSA) is 110 Å². The SMILES string of the molecule is O=C(CS(=O)(=O)N1CCOCC1)CS(=O)(=O)N1CCOCC1. The Hall–Kier alpha value is -0.590. The lowest BCUT2D eigenvalue weighted by atomic mass is 10.5. The highest BCUT2D eigenvalue weighted by molar-refractivity contribution is 7.91. The van der Waals surface area contributed by atoms with E-state index in [0.717, 1.165) is 8.61 Å². The van der Waals surface area contributed by atoms with E-state index in [9.17, 15) is 21.6 Å². The lowest BCUT2D eigenvalue weighted by molar-refractivity contribution is -0.114. The van der Waals surface area contributed by atoms with E-state index in [2.05, 4.69) is 0 Å². The summed E-state index contributed by atoms with van der Waals surface area (Å²) in [5, 5.41) is 0. The van der Waals surface area contributed by atoms with Crippen LogP contribution in [-0.4, -0.2) is 95.3 Å². The van der Waals surface area contributed by atoms with E-state index in [1.165, 1.54) is 0 Å². The van der Waals surface area contributed by atoms with Gasteiger partial charge in [0.05, 0.1) is 26.4 Å². The van der Waals surface area contributed by atoms with Crippen molar-refractivity contribution in [3.05, 3.63) is 0 Å². The Morgan fingerprint density at radius 3 is 1.36 bits per heavy atom. The van der Waals surface area contributed by atoms with E-state index in [1.54, 1.807) is 0 Å². The normalized spacial score (nSPS) is 22.5. The van der Waals surface area contributed by atoms with Gasteiger partial charge in [-0.2, -0.15) is 8.61 Å². The maximum Gasteiger partial charge on any atom is 0.221 e. The largest absolute Gasteiger partial charge is 0.379 e. The number of hydrogen-bond acceptors (Lipinski definition) is 7. The van der Waals surface area contributed by atoms with E-state index in [4.69, 9.17) is 9.47 Å². The molecule has 9 nitrogen and oxygen atoms in total. The second-order valence-corrected chi connectivity index (χ2v) is 9.01. The number of ketones is 1. The number of nitrogens with zero attached hydrogens (tertiary/aromatic N) is 2. The van der Waals surface area contributed by atoms with Crippen molar-refractivity contribution in [2.24, 2.45) is 0 Å². The van der Waals surface area contributed by atoms with Crippen LogP contribution in [0.5, 0.6) is 0 Å². The summed E-state index contributed by atoms with van der Waals surface area (Å²) in [6, 6.07) is 0. The molecule has 0 spiro atoms. The van der Waals surface area contributed by atoms with Gasteiger partial charge in [-0.25, -0.2) is 16.8 Å². The van der Waals surface area contributed by atoms with Crippen molar-refractivity contribution in [3.63, 3.8) is 0 Å². The number of Topliss-reactive ketones (excluding diaryl/α,β-unsaturated/α-hetero) is 1. The molecule has 0 radical (unpaired) electrons. The van der Waals surface area contributed by atoms with Gasteiger partial charge in [-0.1, -0.05) is 0 Å². The molecule has 11 heteroatoms. The van der Waals surface area contributed by atoms with Crippen LogP contribution in [0, 0.1) is 0 Å². The monoisotopic (exact) mass is 356 g/mol. The van der Waals surface area contributed by atoms with Crippen LogP contribution in [0.1, 0.15) is 0 Å². The second-order valence-electron chi connectivity index (χ2n) is 5.07. The maximum atomic E-state index is 12.1. The van der Waals surface area contributed by atoms with Crippen molar-refractivity contribution >= 4 is 25.8 Å². The first-order valence-corrected chi connectivity index (χ1v) is 10.2. The van der Waals surface area contributed by atoms with E-state index < -0.39 is 37.3 Å². The van der Waals surface area contributed by atoms with Crippen LogP contribution in [0.15, 0.2) is 0 Å². The molecule has 0 bridgehead atoms. The van der Waals surface area contributed by atoms with E-state index in [1.807, 2.05) is 0 Å². The molecule has 0 aromatic rings. The molecule has 0 aliphatic carbocycles. The van der Waals surface area contributed by atoms with Crippen LogP contribution >= 0.6 is 0 Å². The Morgan fingerprint density at radius 2 is 1.05 bits per heavy atom. The quantitative estimate of drug-likeness (QED) is 0.535. The molecule has 0 N–H and O–H groups in total. The van der Waals surface area contributed by atoms with Gasteiger partial charge in [-0.15, -0.1) is 0 Å². The highest BCUT2D eigenvalue weighted by Gasteiger charge is 2.31. The molecule has 0 saturated carbocycles. The molecule has 2 saturated heterocycles. The lowest BCUT2D eigenvalue weighted by Crippen LogP contribution is -2.46. The number of rotatable bonds is 6. The average Bonchev–Trinajstić information content (AvgIpc) is 2.48. The van der Waals surface area contributed by atoms with Crippen LogP contribution in [0.4, 0.5) is 0 Å². The van der Waals surface area contributed by atoms with Crippen LogP contribution in [0.3, 0.4) is 0 Å². The first-order valence-electron chi connectivity index (χ1n) is 6.94. The molecule has 128 valence electrons. The Balaban J connectivity index is 1.93. The number of hydrogen-bond donors (Lipinski definition) is 0. The summed E-state index contributed by atoms with van der Waals surface area (Å²) in [7, 11) is -7.58. The first kappa shape index (κ1) is 17.8. The van der Waals surface area contributed by atoms with Crippen LogP contribution < -0.4 is 0 Å². The van der Waals surface area contributed by atoms with Crippen molar-refractivity contribution in [3.8, 4) is 0 Å². The third-order valence-corrected chi connectivity index (χ3v) is 7.09. The average molecular weight is 356 g/mol. The van der Waals surface area contributed by atoms with Crippen molar-refractivity contribution in [2.75, 3.05) is 64.1 Å². The van der Waals surface area contributed by atoms with Gasteiger partial charge >= 0.3 is 0 Å². The van der Waals surface area contributed by atoms with Gasteiger partial charge in [0.1, 0.15) is 11.5 Å². The summed E-state index contributed by atoms with van der Waals surface area (Å²) >= 11 is 0. The number of ether oxygens (including phenoxy) is 2. The van der Waals surface area contributed by atoms with E-state index in [0.29, 0.717) is 0 Å². The lowest BCUT2D eigenvalue weighted by Gasteiger charge is -2.27. The standard InChI is InChI=1S/C11H20N2O7S2/c14-11(9-21(15,16)12-1-5-19-6-2-12)10-22(17,18)13-3-7-20-8-4-13/h1-10H2. The second kappa shape index (κ2) is 7.32. The van der Waals surface area contributed by atoms with Gasteiger partial charge < -0.3 is 9.47 Å². The molecule has 2 aliphatic rings. The van der Waals surface area contributed by atoms with Crippen molar-refractivity contribution in [1.29, 1.82) is 0 Å². The summed E-state index contributed by atoms with van der Waals surface area (Å²) in [5.41, 5.74) is 0. The van der Waals surface area contributed by atoms with Gasteiger partial charge in [0, 0.05) is 26.2 Å². The van der Waals surface area contributed by atoms with Crippen molar-refractivity contribution in [2.45, 2.75) is 0 Å². The van der Waals surface area contributed by atoms with Gasteiger partial charge in [-0.05, 0) is 0 Å². The Kier molecular flexibility index (Phi) is 5.91. The molecular weight excluding hydrogens is 336 g/mol. The third-order valence-electron chi connectivity index (χ3n) is 3.41. The van der Waals surface area contributed by atoms with Crippen LogP contribution in [0.2, 0.25) is 0 Å². The van der Waals surface area contributed by atoms with Gasteiger partial charge in [0.25, 0.3) is 0 Å². The Morgan fingerprint density at radius 1 is 0.727 bits per heavy atom. The summed E-state index contributed by atoms with van der Waals surface area (Å²) in [6.07, 6.45) is 0. The predicted octanol–water partition coefficient (Wildman–Crippen LogP) is -2.12. The minimum Gasteiger partial charge on any atom is -0.379 e. The zero-order valence-corrected chi connectivity index (χ0v) is 13.8. The first-order chi connectivity index (χ1) is 10.3. The van der Waals surface area contributed by atoms with Crippen molar-refractivity contribution < 1.29 is 31.1 Å². The maximum absolute atomic E-state index is 12.1. The number of carbonyl (C=O) groups is 1. The zero-order valence-electron chi connectivity index (χ0n) is 12.1. The Labute approximate surface area is 130 Å². The highest BCUT2D eigenvalue weighted by atomic mass is 32.2. The van der Waals surface area contributed by atoms with Gasteiger partial charge in [-0.3, -0.25) is 4.79 Å². The summed E-state index contributed by atoms with van der Waals surface area (Å²) in [6.45, 7) is 1.85. The molecule has 0 unspecified atom stereocenters. The van der Waals surface area contributed by atoms with Gasteiger partial charge in [0.2, 0.25) is 20.0 Å². The minimum absolute atomic E-state index is 0.186. The Bertz CT molecular complexity index is 538. The molecule has 22 heavy (non-hydrogen) atoms. The summed E-state index contributed by atoms with van der Waals surface area (Å²) < 4.78 is 60.8. The molecule has 0 aromatic carbocycles. The number of carbonyl (C=O) groups excluding carboxylic acids is 1. The zero-order chi connectivity index (χ0) is 16.2. The molecule has 0 aromatic heterocycles. The molecule has 2 fully saturated rings. The fraction of sp³-hybridized carbons (Fsp3) is 0.909. The summed E-state index contributed by atoms with van der Waals surface area (Å²) in [5.74, 6) is -2.41. The molecule has 2 rings (SSSR count). The molecule has 0 amide bonds. The van der Waals surface area contributed by atoms with Crippen LogP contribution in [-0.2, 0) is 34.3 Å². The third kappa shape index (κ3) is 4.70. The van der Waals surface area contributed by atoms with E-state index >= 15 is 0 Å². The molecule has 2 aliphatic heterocycles. The fourth-order valence-corrected chi connectivity index (χ4v) is 5.20. The highest BCUT2D eigenvalue weighted by Crippen LogP contribution is 2.09. The smallest absolute Gasteiger partial charge is 0.221 e. The molecular formula is C11H20N2O7S2. The van der Waals surface area contributed by atoms with Gasteiger partial charge in [0.15, 0.2) is 5.78 Å². The molecule has 0 atom stereocenters. The number of morpholine rings is 2. The predicted molar refractivity (Wildman–Crippen MR) is 77.4 cm³/mol. The minimum atomic E-state index is -3.79. The number of sulfonamides is 2.